The third-order valence-electron chi connectivity index (χ3n) is 1.92. The smallest absolute Gasteiger partial charge is 0.450 e. The SMILES string of the molecule is C=CC=CC(C=Cc1ccccc1)=CC#N.O=C(O)O. The number of allylic oxidation sites excluding steroid dienone is 6. The molecule has 4 heteroatoms. The molecule has 0 atom stereocenters. The molecule has 0 bridgehead atoms. The summed E-state index contributed by atoms with van der Waals surface area (Å²) in [6.07, 6.45) is 8.87. The standard InChI is InChI=1S/C15H13N.CH2O3/c1-2-3-7-15(12-13-16)11-10-14-8-5-4-6-9-14;2-1(3)4/h2-12H,1H2;(H2,2,3,4). The Kier molecular flexibility index (Phi) is 9.36. The van der Waals surface area contributed by atoms with Gasteiger partial charge in [-0.3, -0.25) is 0 Å². The number of carbonyl (C=O) groups is 1. The summed E-state index contributed by atoms with van der Waals surface area (Å²) in [6, 6.07) is 12.0. The zero-order valence-corrected chi connectivity index (χ0v) is 10.8. The molecule has 1 aromatic rings. The van der Waals surface area contributed by atoms with Gasteiger partial charge in [-0.1, -0.05) is 67.3 Å². The number of nitriles is 1. The molecule has 0 saturated carbocycles. The molecule has 0 radical (unpaired) electrons. The number of rotatable bonds is 4. The minimum atomic E-state index is -1.83. The number of benzene rings is 1. The van der Waals surface area contributed by atoms with Gasteiger partial charge in [0.1, 0.15) is 0 Å². The van der Waals surface area contributed by atoms with E-state index in [2.05, 4.69) is 6.58 Å². The van der Waals surface area contributed by atoms with Crippen LogP contribution in [0.15, 0.2) is 72.9 Å². The molecule has 0 aromatic heterocycles. The van der Waals surface area contributed by atoms with Gasteiger partial charge < -0.3 is 10.2 Å². The number of carboxylic acid groups (broad SMARTS) is 2. The van der Waals surface area contributed by atoms with Gasteiger partial charge in [-0.2, -0.15) is 5.26 Å². The van der Waals surface area contributed by atoms with Crippen LogP contribution in [0, 0.1) is 11.3 Å². The van der Waals surface area contributed by atoms with Crippen LogP contribution in [0.3, 0.4) is 0 Å². The van der Waals surface area contributed by atoms with Crippen LogP contribution in [-0.2, 0) is 0 Å². The Morgan fingerprint density at radius 1 is 1.20 bits per heavy atom. The van der Waals surface area contributed by atoms with Crippen molar-refractivity contribution in [2.24, 2.45) is 0 Å². The lowest BCUT2D eigenvalue weighted by Gasteiger charge is -1.92. The molecule has 0 fully saturated rings. The van der Waals surface area contributed by atoms with Crippen LogP contribution in [0.2, 0.25) is 0 Å². The fourth-order valence-corrected chi connectivity index (χ4v) is 1.16. The first-order valence-electron chi connectivity index (χ1n) is 5.64. The second-order valence-corrected chi connectivity index (χ2v) is 3.39. The van der Waals surface area contributed by atoms with Gasteiger partial charge in [0.25, 0.3) is 0 Å². The minimum absolute atomic E-state index is 0.853. The van der Waals surface area contributed by atoms with Gasteiger partial charge in [0, 0.05) is 6.08 Å². The van der Waals surface area contributed by atoms with Crippen LogP contribution >= 0.6 is 0 Å². The summed E-state index contributed by atoms with van der Waals surface area (Å²) in [7, 11) is 0. The average Bonchev–Trinajstić information content (AvgIpc) is 2.42. The van der Waals surface area contributed by atoms with Crippen molar-refractivity contribution in [3.63, 3.8) is 0 Å². The van der Waals surface area contributed by atoms with E-state index in [0.29, 0.717) is 0 Å². The Labute approximate surface area is 117 Å². The lowest BCUT2D eigenvalue weighted by atomic mass is 10.1. The molecule has 0 aliphatic carbocycles. The Morgan fingerprint density at radius 2 is 1.80 bits per heavy atom. The van der Waals surface area contributed by atoms with E-state index in [4.69, 9.17) is 20.3 Å². The average molecular weight is 269 g/mol. The van der Waals surface area contributed by atoms with Crippen molar-refractivity contribution in [3.05, 3.63) is 78.4 Å². The van der Waals surface area contributed by atoms with Crippen LogP contribution in [0.5, 0.6) is 0 Å². The van der Waals surface area contributed by atoms with E-state index in [1.54, 1.807) is 12.2 Å². The highest BCUT2D eigenvalue weighted by atomic mass is 16.6. The van der Waals surface area contributed by atoms with E-state index in [1.807, 2.05) is 54.6 Å². The highest BCUT2D eigenvalue weighted by Gasteiger charge is 1.86. The topological polar surface area (TPSA) is 81.3 Å². The maximum Gasteiger partial charge on any atom is 0.503 e. The third-order valence-corrected chi connectivity index (χ3v) is 1.92. The predicted molar refractivity (Wildman–Crippen MR) is 79.2 cm³/mol. The second-order valence-electron chi connectivity index (χ2n) is 3.39. The second kappa shape index (κ2) is 11.1. The lowest BCUT2D eigenvalue weighted by Crippen LogP contribution is -1.81. The third kappa shape index (κ3) is 10.1. The van der Waals surface area contributed by atoms with E-state index in [0.717, 1.165) is 11.1 Å². The van der Waals surface area contributed by atoms with E-state index in [1.165, 1.54) is 6.08 Å². The molecule has 0 amide bonds. The molecule has 1 aromatic carbocycles. The Morgan fingerprint density at radius 3 is 2.30 bits per heavy atom. The zero-order chi connectivity index (χ0) is 15.2. The van der Waals surface area contributed by atoms with E-state index >= 15 is 0 Å². The van der Waals surface area contributed by atoms with Gasteiger partial charge in [-0.05, 0) is 11.1 Å². The summed E-state index contributed by atoms with van der Waals surface area (Å²) >= 11 is 0. The molecule has 102 valence electrons. The van der Waals surface area contributed by atoms with Crippen molar-refractivity contribution >= 4 is 12.2 Å². The summed E-state index contributed by atoms with van der Waals surface area (Å²) in [5.41, 5.74) is 1.96. The molecule has 4 nitrogen and oxygen atoms in total. The van der Waals surface area contributed by atoms with Crippen LogP contribution in [-0.4, -0.2) is 16.4 Å². The number of nitrogens with zero attached hydrogens (tertiary/aromatic N) is 1. The van der Waals surface area contributed by atoms with Gasteiger partial charge in [-0.25, -0.2) is 4.79 Å². The summed E-state index contributed by atoms with van der Waals surface area (Å²) in [5.74, 6) is 0. The molecule has 20 heavy (non-hydrogen) atoms. The lowest BCUT2D eigenvalue weighted by molar-refractivity contribution is 0.137. The number of hydrogen-bond acceptors (Lipinski definition) is 2. The van der Waals surface area contributed by atoms with Crippen molar-refractivity contribution in [1.29, 1.82) is 5.26 Å². The molecular formula is C16H15NO3. The highest BCUT2D eigenvalue weighted by molar-refractivity contribution is 5.55. The normalized spacial score (nSPS) is 10.7. The van der Waals surface area contributed by atoms with Crippen molar-refractivity contribution < 1.29 is 15.0 Å². The Hall–Kier alpha value is -3.06. The molecule has 0 spiro atoms. The molecule has 0 heterocycles. The van der Waals surface area contributed by atoms with Gasteiger partial charge in [0.2, 0.25) is 0 Å². The van der Waals surface area contributed by atoms with Crippen molar-refractivity contribution in [1.82, 2.24) is 0 Å². The van der Waals surface area contributed by atoms with Gasteiger partial charge in [-0.15, -0.1) is 0 Å². The summed E-state index contributed by atoms with van der Waals surface area (Å²) in [5, 5.41) is 22.6. The van der Waals surface area contributed by atoms with E-state index < -0.39 is 6.16 Å². The quantitative estimate of drug-likeness (QED) is 0.636. The summed E-state index contributed by atoms with van der Waals surface area (Å²) in [4.78, 5) is 8.56. The van der Waals surface area contributed by atoms with Crippen LogP contribution < -0.4 is 0 Å². The molecule has 0 unspecified atom stereocenters. The van der Waals surface area contributed by atoms with Crippen LogP contribution in [0.25, 0.3) is 6.08 Å². The fraction of sp³-hybridized carbons (Fsp3) is 0. The minimum Gasteiger partial charge on any atom is -0.450 e. The van der Waals surface area contributed by atoms with Crippen molar-refractivity contribution in [3.8, 4) is 6.07 Å². The summed E-state index contributed by atoms with van der Waals surface area (Å²) < 4.78 is 0. The highest BCUT2D eigenvalue weighted by Crippen LogP contribution is 2.06. The van der Waals surface area contributed by atoms with Gasteiger partial charge in [0.15, 0.2) is 0 Å². The van der Waals surface area contributed by atoms with Gasteiger partial charge in [0.05, 0.1) is 6.07 Å². The first-order chi connectivity index (χ1) is 9.60. The number of hydrogen-bond donors (Lipinski definition) is 2. The van der Waals surface area contributed by atoms with Gasteiger partial charge >= 0.3 is 6.16 Å². The maximum absolute atomic E-state index is 8.61. The molecule has 2 N–H and O–H groups in total. The fourth-order valence-electron chi connectivity index (χ4n) is 1.16. The Balaban J connectivity index is 0.000000796. The van der Waals surface area contributed by atoms with Crippen LogP contribution in [0.4, 0.5) is 4.79 Å². The van der Waals surface area contributed by atoms with Crippen molar-refractivity contribution in [2.45, 2.75) is 0 Å². The van der Waals surface area contributed by atoms with E-state index in [9.17, 15) is 0 Å². The molecule has 1 rings (SSSR count). The largest absolute Gasteiger partial charge is 0.503 e. The van der Waals surface area contributed by atoms with E-state index in [-0.39, 0.29) is 0 Å². The van der Waals surface area contributed by atoms with Crippen molar-refractivity contribution in [2.75, 3.05) is 0 Å². The maximum atomic E-state index is 8.61. The molecule has 0 aliphatic rings. The predicted octanol–water partition coefficient (Wildman–Crippen LogP) is 4.11. The molecule has 0 aliphatic heterocycles. The first-order valence-corrected chi connectivity index (χ1v) is 5.64. The first kappa shape index (κ1) is 16.9. The monoisotopic (exact) mass is 269 g/mol. The molecule has 0 saturated heterocycles. The zero-order valence-electron chi connectivity index (χ0n) is 10.8. The Bertz CT molecular complexity index is 545. The summed E-state index contributed by atoms with van der Waals surface area (Å²) in [6.45, 7) is 3.59. The molecular weight excluding hydrogens is 254 g/mol. The van der Waals surface area contributed by atoms with Crippen LogP contribution in [0.1, 0.15) is 5.56 Å².